The van der Waals surface area contributed by atoms with Gasteiger partial charge in [-0.3, -0.25) is 9.59 Å². The topological polar surface area (TPSA) is 162 Å². The number of amides is 2. The van der Waals surface area contributed by atoms with Crippen molar-refractivity contribution in [2.75, 3.05) is 0 Å². The van der Waals surface area contributed by atoms with Crippen molar-refractivity contribution in [1.82, 2.24) is 5.06 Å². The second-order valence-corrected chi connectivity index (χ2v) is 9.71. The molecule has 0 bridgehead atoms. The van der Waals surface area contributed by atoms with Crippen LogP contribution in [0.3, 0.4) is 0 Å². The van der Waals surface area contributed by atoms with Gasteiger partial charge in [0.05, 0.1) is 16.3 Å². The predicted molar refractivity (Wildman–Crippen MR) is 141 cm³/mol. The molecule has 0 atom stereocenters. The molecule has 5 rings (SSSR count). The van der Waals surface area contributed by atoms with Crippen LogP contribution in [0, 0.1) is 0 Å². The average molecular weight is 581 g/mol. The molecule has 2 amide bonds. The number of aromatic carboxylic acids is 1. The van der Waals surface area contributed by atoms with E-state index in [1.807, 2.05) is 60.1 Å². The normalized spacial score (nSPS) is 13.1. The molecule has 1 saturated heterocycles. The summed E-state index contributed by atoms with van der Waals surface area (Å²) in [4.78, 5) is 52.6. The number of carboxylic acid groups (broad SMARTS) is 1. The summed E-state index contributed by atoms with van der Waals surface area (Å²) < 4.78 is 37.3. The zero-order valence-electron chi connectivity index (χ0n) is 21.4. The van der Waals surface area contributed by atoms with Gasteiger partial charge < -0.3 is 14.5 Å². The summed E-state index contributed by atoms with van der Waals surface area (Å²) in [5.74, 6) is -0.508. The van der Waals surface area contributed by atoms with Gasteiger partial charge in [-0.05, 0) is 22.8 Å². The van der Waals surface area contributed by atoms with Crippen molar-refractivity contribution in [3.8, 4) is 11.1 Å². The van der Waals surface area contributed by atoms with Crippen molar-refractivity contribution in [3.05, 3.63) is 83.6 Å². The number of halogens is 1. The lowest BCUT2D eigenvalue weighted by molar-refractivity contribution is -0.617. The van der Waals surface area contributed by atoms with Crippen LogP contribution in [0.15, 0.2) is 72.5 Å². The standard InChI is InChI=1S/C28H20N2O6.FHO3S/c1-29-22-7-3-2-5-21(22)27(28(34)35)26-20(6-4-8-23(26)29)18-11-9-17(10-12-18)15-19(16-31)36-30-24(32)13-14-25(30)33;1-5(2,3)4/h2-12H,13-15H2,1H3;(H,2,3,4). The zero-order chi connectivity index (χ0) is 29.9. The third-order valence-corrected chi connectivity index (χ3v) is 6.35. The van der Waals surface area contributed by atoms with E-state index in [4.69, 9.17) is 17.8 Å². The molecule has 0 aliphatic carbocycles. The quantitative estimate of drug-likeness (QED) is 0.0687. The Hall–Kier alpha value is -4.97. The van der Waals surface area contributed by atoms with Crippen LogP contribution in [0.2, 0.25) is 0 Å². The number of carbonyl (C=O) groups excluding carboxylic acids is 3. The number of rotatable bonds is 6. The molecule has 0 saturated carbocycles. The Labute approximate surface area is 232 Å². The number of carboxylic acids is 1. The third-order valence-electron chi connectivity index (χ3n) is 6.35. The summed E-state index contributed by atoms with van der Waals surface area (Å²) in [6.45, 7) is 0. The van der Waals surface area contributed by atoms with Crippen LogP contribution >= 0.6 is 0 Å². The molecule has 1 N–H and O–H groups in total. The molecular formula is C28H21FN2O9S. The average Bonchev–Trinajstić information content (AvgIpc) is 3.24. The monoisotopic (exact) mass is 580 g/mol. The van der Waals surface area contributed by atoms with E-state index in [9.17, 15) is 28.2 Å². The Bertz CT molecular complexity index is 1840. The van der Waals surface area contributed by atoms with Gasteiger partial charge in [0.15, 0.2) is 5.94 Å². The summed E-state index contributed by atoms with van der Waals surface area (Å²) in [7, 11) is -3.51. The highest BCUT2D eigenvalue weighted by molar-refractivity contribution is 7.80. The van der Waals surface area contributed by atoms with Gasteiger partial charge in [0.2, 0.25) is 16.8 Å². The number of nitrogens with zero attached hydrogens (tertiary/aromatic N) is 2. The zero-order valence-corrected chi connectivity index (χ0v) is 22.2. The number of aryl methyl sites for hydroxylation is 1. The minimum Gasteiger partial charge on any atom is -0.722 e. The molecular weight excluding hydrogens is 559 g/mol. The number of hydroxylamine groups is 2. The van der Waals surface area contributed by atoms with Crippen molar-refractivity contribution in [2.45, 2.75) is 19.3 Å². The molecule has 41 heavy (non-hydrogen) atoms. The van der Waals surface area contributed by atoms with Gasteiger partial charge in [0.25, 0.3) is 22.3 Å². The van der Waals surface area contributed by atoms with Crippen LogP contribution in [-0.2, 0) is 43.2 Å². The number of fused-ring (bicyclic) bond motifs is 2. The SMILES string of the molecule is C[n+]1c2ccccc2c(C(=O)O)c2c(-c3ccc(CC(=C=O)ON4C(=O)CCC4=O)cc3)cccc21.O=S(=O)([O-])F. The number of imide groups is 1. The molecule has 11 nitrogen and oxygen atoms in total. The van der Waals surface area contributed by atoms with Gasteiger partial charge in [-0.1, -0.05) is 48.5 Å². The minimum atomic E-state index is -5.42. The predicted octanol–water partition coefficient (Wildman–Crippen LogP) is 2.94. The molecule has 0 unspecified atom stereocenters. The number of hydrogen-bond donors (Lipinski definition) is 1. The number of hydrogen-bond acceptors (Lipinski definition) is 8. The van der Waals surface area contributed by atoms with Crippen molar-refractivity contribution in [2.24, 2.45) is 7.05 Å². The van der Waals surface area contributed by atoms with E-state index in [1.54, 1.807) is 24.1 Å². The number of para-hydroxylation sites is 1. The Kier molecular flexibility index (Phi) is 8.24. The Balaban J connectivity index is 0.000000714. The molecule has 3 aromatic carbocycles. The molecule has 1 aromatic heterocycles. The summed E-state index contributed by atoms with van der Waals surface area (Å²) in [5.41, 5.74) is 4.09. The Morgan fingerprint density at radius 3 is 2.20 bits per heavy atom. The van der Waals surface area contributed by atoms with E-state index in [-0.39, 0.29) is 30.6 Å². The van der Waals surface area contributed by atoms with E-state index < -0.39 is 28.3 Å². The van der Waals surface area contributed by atoms with Crippen molar-refractivity contribution in [3.63, 3.8) is 0 Å². The molecule has 2 heterocycles. The molecule has 0 radical (unpaired) electrons. The maximum Gasteiger partial charge on any atom is 0.337 e. The smallest absolute Gasteiger partial charge is 0.337 e. The first-order chi connectivity index (χ1) is 19.4. The Morgan fingerprint density at radius 2 is 1.61 bits per heavy atom. The fraction of sp³-hybridized carbons (Fsp3) is 0.143. The summed E-state index contributed by atoms with van der Waals surface area (Å²) >= 11 is 0. The van der Waals surface area contributed by atoms with E-state index >= 15 is 0 Å². The molecule has 4 aromatic rings. The lowest BCUT2D eigenvalue weighted by atomic mass is 9.93. The van der Waals surface area contributed by atoms with Gasteiger partial charge >= 0.3 is 5.97 Å². The van der Waals surface area contributed by atoms with Gasteiger partial charge in [-0.15, -0.1) is 8.95 Å². The number of pyridine rings is 1. The highest BCUT2D eigenvalue weighted by atomic mass is 32.3. The number of aromatic nitrogens is 1. The van der Waals surface area contributed by atoms with Crippen molar-refractivity contribution < 1.29 is 50.5 Å². The molecule has 13 heteroatoms. The number of allylic oxidation sites excluding steroid dienone is 1. The van der Waals surface area contributed by atoms with E-state index in [2.05, 4.69) is 0 Å². The molecule has 1 aliphatic heterocycles. The molecule has 1 aliphatic rings. The van der Waals surface area contributed by atoms with Gasteiger partial charge in [0.1, 0.15) is 7.05 Å². The van der Waals surface area contributed by atoms with Crippen molar-refractivity contribution in [1.29, 1.82) is 0 Å². The van der Waals surface area contributed by atoms with Crippen LogP contribution in [0.25, 0.3) is 32.9 Å². The van der Waals surface area contributed by atoms with Crippen LogP contribution in [0.5, 0.6) is 0 Å². The maximum atomic E-state index is 12.4. The van der Waals surface area contributed by atoms with Crippen LogP contribution < -0.4 is 4.57 Å². The number of carbonyl (C=O) groups is 3. The largest absolute Gasteiger partial charge is 0.722 e. The first-order valence-corrected chi connectivity index (χ1v) is 13.3. The van der Waals surface area contributed by atoms with Gasteiger partial charge in [-0.2, -0.15) is 4.57 Å². The van der Waals surface area contributed by atoms with E-state index in [1.165, 1.54) is 0 Å². The highest BCUT2D eigenvalue weighted by Crippen LogP contribution is 2.34. The summed E-state index contributed by atoms with van der Waals surface area (Å²) in [6.07, 6.45) is 0.141. The fourth-order valence-corrected chi connectivity index (χ4v) is 4.63. The van der Waals surface area contributed by atoms with Crippen LogP contribution in [0.1, 0.15) is 28.8 Å². The molecule has 1 fully saturated rings. The van der Waals surface area contributed by atoms with Gasteiger partial charge in [0, 0.05) is 31.4 Å². The second-order valence-electron chi connectivity index (χ2n) is 8.92. The summed E-state index contributed by atoms with van der Waals surface area (Å²) in [5, 5.41) is 12.0. The second kappa shape index (κ2) is 11.6. The number of benzene rings is 3. The first kappa shape index (κ1) is 29.0. The summed E-state index contributed by atoms with van der Waals surface area (Å²) in [6, 6.07) is 20.3. The van der Waals surface area contributed by atoms with E-state index in [0.29, 0.717) is 21.4 Å². The van der Waals surface area contributed by atoms with Crippen LogP contribution in [-0.4, -0.2) is 46.9 Å². The van der Waals surface area contributed by atoms with Gasteiger partial charge in [-0.25, -0.2) is 18.0 Å². The third kappa shape index (κ3) is 6.44. The lowest BCUT2D eigenvalue weighted by Crippen LogP contribution is -2.31. The van der Waals surface area contributed by atoms with Crippen molar-refractivity contribution >= 4 is 56.0 Å². The minimum absolute atomic E-state index is 0.0380. The van der Waals surface area contributed by atoms with E-state index in [0.717, 1.165) is 22.2 Å². The first-order valence-electron chi connectivity index (χ1n) is 12.0. The highest BCUT2D eigenvalue weighted by Gasteiger charge is 2.32. The molecule has 210 valence electrons. The lowest BCUT2D eigenvalue weighted by Gasteiger charge is -2.15. The van der Waals surface area contributed by atoms with Crippen LogP contribution in [0.4, 0.5) is 3.89 Å². The maximum absolute atomic E-state index is 12.4. The fourth-order valence-electron chi connectivity index (χ4n) is 4.63. The molecule has 0 spiro atoms. The Morgan fingerprint density at radius 1 is 1.02 bits per heavy atom.